The van der Waals surface area contributed by atoms with Crippen LogP contribution in [0.2, 0.25) is 0 Å². The molecule has 130 valence electrons. The third kappa shape index (κ3) is 3.45. The first-order chi connectivity index (χ1) is 12.0. The summed E-state index contributed by atoms with van der Waals surface area (Å²) in [4.78, 5) is 16.8. The summed E-state index contributed by atoms with van der Waals surface area (Å²) < 4.78 is 25.3. The van der Waals surface area contributed by atoms with Crippen molar-refractivity contribution in [3.8, 4) is 28.6 Å². The van der Waals surface area contributed by atoms with E-state index >= 15 is 0 Å². The summed E-state index contributed by atoms with van der Waals surface area (Å²) in [6.45, 7) is 4.67. The molecule has 1 aromatic carbocycles. The average molecular weight is 343 g/mol. The quantitative estimate of drug-likeness (QED) is 0.710. The Labute approximate surface area is 143 Å². The van der Waals surface area contributed by atoms with Crippen molar-refractivity contribution in [2.75, 3.05) is 7.11 Å². The fourth-order valence-electron chi connectivity index (χ4n) is 2.49. The Balaban J connectivity index is 1.98. The number of pyridine rings is 1. The van der Waals surface area contributed by atoms with E-state index in [0.717, 1.165) is 0 Å². The highest BCUT2D eigenvalue weighted by Crippen LogP contribution is 2.26. The van der Waals surface area contributed by atoms with Crippen molar-refractivity contribution in [2.24, 2.45) is 5.92 Å². The fourth-order valence-corrected chi connectivity index (χ4v) is 2.49. The lowest BCUT2D eigenvalue weighted by Gasteiger charge is -2.08. The van der Waals surface area contributed by atoms with E-state index in [1.165, 1.54) is 25.3 Å². The summed E-state index contributed by atoms with van der Waals surface area (Å²) in [5, 5.41) is 3.89. The molecule has 7 heteroatoms. The molecule has 6 nitrogen and oxygen atoms in total. The maximum atomic E-state index is 13.5. The van der Waals surface area contributed by atoms with Crippen molar-refractivity contribution >= 4 is 0 Å². The van der Waals surface area contributed by atoms with Crippen LogP contribution in [0.15, 0.2) is 45.8 Å². The summed E-state index contributed by atoms with van der Waals surface area (Å²) in [6, 6.07) is 7.68. The topological polar surface area (TPSA) is 70.2 Å². The van der Waals surface area contributed by atoms with Gasteiger partial charge in [-0.05, 0) is 36.2 Å². The van der Waals surface area contributed by atoms with Crippen LogP contribution in [0.1, 0.15) is 13.8 Å². The molecule has 0 atom stereocenters. The lowest BCUT2D eigenvalue weighted by molar-refractivity contribution is 0.386. The molecule has 0 spiro atoms. The van der Waals surface area contributed by atoms with Crippen LogP contribution in [0, 0.1) is 11.7 Å². The van der Waals surface area contributed by atoms with E-state index in [9.17, 15) is 9.18 Å². The van der Waals surface area contributed by atoms with E-state index in [1.807, 2.05) is 13.8 Å². The number of rotatable bonds is 5. The van der Waals surface area contributed by atoms with Gasteiger partial charge in [0.2, 0.25) is 5.82 Å². The van der Waals surface area contributed by atoms with Gasteiger partial charge in [0.05, 0.1) is 7.11 Å². The first-order valence-corrected chi connectivity index (χ1v) is 7.87. The van der Waals surface area contributed by atoms with Crippen LogP contribution in [0.3, 0.4) is 0 Å². The third-order valence-electron chi connectivity index (χ3n) is 3.65. The zero-order valence-corrected chi connectivity index (χ0v) is 14.2. The van der Waals surface area contributed by atoms with Crippen LogP contribution in [0.4, 0.5) is 4.39 Å². The van der Waals surface area contributed by atoms with Crippen molar-refractivity contribution in [3.05, 3.63) is 52.7 Å². The number of ether oxygens (including phenoxy) is 1. The largest absolute Gasteiger partial charge is 0.494 e. The molecule has 2 aromatic heterocycles. The van der Waals surface area contributed by atoms with Crippen molar-refractivity contribution in [2.45, 2.75) is 20.4 Å². The number of aromatic nitrogens is 3. The van der Waals surface area contributed by atoms with Crippen LogP contribution in [-0.2, 0) is 6.54 Å². The predicted octanol–water partition coefficient (Wildman–Crippen LogP) is 3.37. The summed E-state index contributed by atoms with van der Waals surface area (Å²) in [6.07, 6.45) is 1.73. The minimum absolute atomic E-state index is 0.0860. The Bertz CT molecular complexity index is 947. The van der Waals surface area contributed by atoms with Crippen LogP contribution in [-0.4, -0.2) is 21.8 Å². The van der Waals surface area contributed by atoms with Gasteiger partial charge in [0, 0.05) is 18.3 Å². The van der Waals surface area contributed by atoms with E-state index in [0.29, 0.717) is 23.6 Å². The average Bonchev–Trinajstić information content (AvgIpc) is 3.06. The van der Waals surface area contributed by atoms with Crippen molar-refractivity contribution in [3.63, 3.8) is 0 Å². The second-order valence-corrected chi connectivity index (χ2v) is 6.05. The molecule has 25 heavy (non-hydrogen) atoms. The molecule has 0 N–H and O–H groups in total. The molecule has 0 radical (unpaired) electrons. The second kappa shape index (κ2) is 6.88. The smallest absolute Gasteiger partial charge is 0.263 e. The number of benzene rings is 1. The Hall–Kier alpha value is -2.96. The SMILES string of the molecule is COc1cc(-c2noc(-c3cccn(CC(C)C)c3=O)n2)ccc1F. The standard InChI is InChI=1S/C18H18FN3O3/c1-11(2)10-22-8-4-5-13(18(22)23)17-20-16(21-25-17)12-6-7-14(19)15(9-12)24-3/h4-9,11H,10H2,1-3H3. The normalized spacial score (nSPS) is 11.1. The van der Waals surface area contributed by atoms with Gasteiger partial charge in [0.1, 0.15) is 5.56 Å². The van der Waals surface area contributed by atoms with Gasteiger partial charge in [-0.3, -0.25) is 4.79 Å². The highest BCUT2D eigenvalue weighted by atomic mass is 19.1. The Morgan fingerprint density at radius 1 is 1.32 bits per heavy atom. The van der Waals surface area contributed by atoms with Crippen LogP contribution >= 0.6 is 0 Å². The monoisotopic (exact) mass is 343 g/mol. The third-order valence-corrected chi connectivity index (χ3v) is 3.65. The molecule has 3 aromatic rings. The zero-order chi connectivity index (χ0) is 18.0. The first kappa shape index (κ1) is 16.9. The number of halogens is 1. The van der Waals surface area contributed by atoms with E-state index < -0.39 is 5.82 Å². The van der Waals surface area contributed by atoms with E-state index in [-0.39, 0.29) is 23.0 Å². The zero-order valence-electron chi connectivity index (χ0n) is 14.2. The van der Waals surface area contributed by atoms with E-state index in [2.05, 4.69) is 10.1 Å². The lowest BCUT2D eigenvalue weighted by Crippen LogP contribution is -2.23. The van der Waals surface area contributed by atoms with Crippen molar-refractivity contribution < 1.29 is 13.7 Å². The highest BCUT2D eigenvalue weighted by molar-refractivity contribution is 5.60. The van der Waals surface area contributed by atoms with E-state index in [4.69, 9.17) is 9.26 Å². The maximum absolute atomic E-state index is 13.5. The summed E-state index contributed by atoms with van der Waals surface area (Å²) in [7, 11) is 1.38. The van der Waals surface area contributed by atoms with Gasteiger partial charge in [-0.15, -0.1) is 0 Å². The molecule has 0 amide bonds. The van der Waals surface area contributed by atoms with Gasteiger partial charge in [-0.2, -0.15) is 4.98 Å². The van der Waals surface area contributed by atoms with Gasteiger partial charge in [0.15, 0.2) is 11.6 Å². The van der Waals surface area contributed by atoms with Crippen LogP contribution in [0.25, 0.3) is 22.8 Å². The molecule has 2 heterocycles. The molecule has 0 saturated carbocycles. The van der Waals surface area contributed by atoms with Crippen molar-refractivity contribution in [1.29, 1.82) is 0 Å². The predicted molar refractivity (Wildman–Crippen MR) is 90.8 cm³/mol. The van der Waals surface area contributed by atoms with Gasteiger partial charge in [-0.25, -0.2) is 4.39 Å². The Morgan fingerprint density at radius 3 is 2.84 bits per heavy atom. The summed E-state index contributed by atoms with van der Waals surface area (Å²) in [5.41, 5.74) is 0.672. The molecule has 0 unspecified atom stereocenters. The lowest BCUT2D eigenvalue weighted by atomic mass is 10.2. The van der Waals surface area contributed by atoms with Crippen LogP contribution < -0.4 is 10.3 Å². The molecular formula is C18H18FN3O3. The molecule has 0 fully saturated rings. The molecule has 0 bridgehead atoms. The molecule has 3 rings (SSSR count). The second-order valence-electron chi connectivity index (χ2n) is 6.05. The number of hydrogen-bond acceptors (Lipinski definition) is 5. The molecule has 0 aliphatic rings. The Morgan fingerprint density at radius 2 is 2.12 bits per heavy atom. The van der Waals surface area contributed by atoms with Crippen LogP contribution in [0.5, 0.6) is 5.75 Å². The van der Waals surface area contributed by atoms with Crippen molar-refractivity contribution in [1.82, 2.24) is 14.7 Å². The number of nitrogens with zero attached hydrogens (tertiary/aromatic N) is 3. The highest BCUT2D eigenvalue weighted by Gasteiger charge is 2.16. The molecule has 0 saturated heterocycles. The van der Waals surface area contributed by atoms with Gasteiger partial charge in [0.25, 0.3) is 11.4 Å². The minimum atomic E-state index is -0.477. The number of methoxy groups -OCH3 is 1. The minimum Gasteiger partial charge on any atom is -0.494 e. The van der Waals surface area contributed by atoms with Gasteiger partial charge in [-0.1, -0.05) is 19.0 Å². The molecular weight excluding hydrogens is 325 g/mol. The maximum Gasteiger partial charge on any atom is 0.263 e. The van der Waals surface area contributed by atoms with Gasteiger partial charge >= 0.3 is 0 Å². The Kier molecular flexibility index (Phi) is 4.65. The van der Waals surface area contributed by atoms with Gasteiger partial charge < -0.3 is 13.8 Å². The summed E-state index contributed by atoms with van der Waals surface area (Å²) in [5.74, 6) is 0.323. The van der Waals surface area contributed by atoms with E-state index in [1.54, 1.807) is 22.9 Å². The fraction of sp³-hybridized carbons (Fsp3) is 0.278. The molecule has 0 aliphatic carbocycles. The summed E-state index contributed by atoms with van der Waals surface area (Å²) >= 11 is 0. The number of hydrogen-bond donors (Lipinski definition) is 0. The first-order valence-electron chi connectivity index (χ1n) is 7.87. The molecule has 0 aliphatic heterocycles.